The third-order valence-corrected chi connectivity index (χ3v) is 2.80. The second kappa shape index (κ2) is 6.25. The first-order valence-electron chi connectivity index (χ1n) is 6.33. The number of urea groups is 1. The van der Waals surface area contributed by atoms with Crippen LogP contribution in [0.3, 0.4) is 0 Å². The predicted octanol–water partition coefficient (Wildman–Crippen LogP) is 1.47. The maximum absolute atomic E-state index is 11.9. The molecule has 0 fully saturated rings. The summed E-state index contributed by atoms with van der Waals surface area (Å²) in [6, 6.07) is 4.18. The quantitative estimate of drug-likeness (QED) is 0.656. The van der Waals surface area contributed by atoms with Crippen molar-refractivity contribution in [1.82, 2.24) is 5.32 Å². The Morgan fingerprint density at radius 1 is 1.29 bits per heavy atom. The SMILES string of the molecule is Cc1cccc(NC(=O)NC(C)(C)CC(N)=O)c1C(=O)O. The molecule has 1 aromatic carbocycles. The van der Waals surface area contributed by atoms with Crippen LogP contribution in [0.4, 0.5) is 10.5 Å². The molecule has 0 heterocycles. The average Bonchev–Trinajstić information content (AvgIpc) is 2.24. The van der Waals surface area contributed by atoms with Gasteiger partial charge in [-0.15, -0.1) is 0 Å². The molecule has 0 saturated carbocycles. The summed E-state index contributed by atoms with van der Waals surface area (Å²) in [6.07, 6.45) is -0.0278. The van der Waals surface area contributed by atoms with E-state index in [1.165, 1.54) is 6.07 Å². The molecule has 1 aromatic rings. The van der Waals surface area contributed by atoms with Crippen molar-refractivity contribution in [3.05, 3.63) is 29.3 Å². The second-order valence-electron chi connectivity index (χ2n) is 5.41. The number of primary amides is 1. The van der Waals surface area contributed by atoms with Gasteiger partial charge in [-0.25, -0.2) is 9.59 Å². The third-order valence-electron chi connectivity index (χ3n) is 2.80. The van der Waals surface area contributed by atoms with Crippen molar-refractivity contribution in [2.75, 3.05) is 5.32 Å². The highest BCUT2D eigenvalue weighted by atomic mass is 16.4. The molecule has 7 heteroatoms. The number of hydrogen-bond donors (Lipinski definition) is 4. The Morgan fingerprint density at radius 3 is 2.43 bits per heavy atom. The fourth-order valence-electron chi connectivity index (χ4n) is 2.00. The summed E-state index contributed by atoms with van der Waals surface area (Å²) in [5.74, 6) is -1.66. The molecule has 0 saturated heterocycles. The van der Waals surface area contributed by atoms with Crippen molar-refractivity contribution in [1.29, 1.82) is 0 Å². The Labute approximate surface area is 122 Å². The van der Waals surface area contributed by atoms with Gasteiger partial charge in [-0.3, -0.25) is 4.79 Å². The average molecular weight is 293 g/mol. The molecule has 5 N–H and O–H groups in total. The minimum absolute atomic E-state index is 0.0278. The molecule has 0 atom stereocenters. The van der Waals surface area contributed by atoms with Gasteiger partial charge in [0.15, 0.2) is 0 Å². The van der Waals surface area contributed by atoms with E-state index in [0.717, 1.165) is 0 Å². The van der Waals surface area contributed by atoms with Gasteiger partial charge in [-0.1, -0.05) is 12.1 Å². The number of aromatic carboxylic acids is 1. The molecule has 7 nitrogen and oxygen atoms in total. The standard InChI is InChI=1S/C14H19N3O4/c1-8-5-4-6-9(11(8)12(19)20)16-13(21)17-14(2,3)7-10(15)18/h4-6H,7H2,1-3H3,(H2,15,18)(H,19,20)(H2,16,17,21). The summed E-state index contributed by atoms with van der Waals surface area (Å²) in [4.78, 5) is 34.1. The van der Waals surface area contributed by atoms with Gasteiger partial charge in [0, 0.05) is 12.0 Å². The predicted molar refractivity (Wildman–Crippen MR) is 78.2 cm³/mol. The van der Waals surface area contributed by atoms with Crippen molar-refractivity contribution >= 4 is 23.6 Å². The van der Waals surface area contributed by atoms with Gasteiger partial charge in [0.1, 0.15) is 0 Å². The summed E-state index contributed by atoms with van der Waals surface area (Å²) in [7, 11) is 0. The normalized spacial score (nSPS) is 10.8. The number of carboxylic acids is 1. The second-order valence-corrected chi connectivity index (χ2v) is 5.41. The Kier molecular flexibility index (Phi) is 4.91. The first kappa shape index (κ1) is 16.5. The maximum Gasteiger partial charge on any atom is 0.338 e. The zero-order chi connectivity index (χ0) is 16.2. The van der Waals surface area contributed by atoms with Gasteiger partial charge < -0.3 is 21.5 Å². The van der Waals surface area contributed by atoms with E-state index < -0.39 is 23.4 Å². The monoisotopic (exact) mass is 293 g/mol. The van der Waals surface area contributed by atoms with E-state index in [0.29, 0.717) is 5.56 Å². The zero-order valence-electron chi connectivity index (χ0n) is 12.2. The van der Waals surface area contributed by atoms with Crippen molar-refractivity contribution in [2.45, 2.75) is 32.7 Å². The number of carboxylic acid groups (broad SMARTS) is 1. The molecular weight excluding hydrogens is 274 g/mol. The Balaban J connectivity index is 2.87. The van der Waals surface area contributed by atoms with Gasteiger partial charge in [0.25, 0.3) is 0 Å². The zero-order valence-corrected chi connectivity index (χ0v) is 12.2. The molecule has 21 heavy (non-hydrogen) atoms. The van der Waals surface area contributed by atoms with Crippen LogP contribution in [-0.2, 0) is 4.79 Å². The highest BCUT2D eigenvalue weighted by Gasteiger charge is 2.23. The fraction of sp³-hybridized carbons (Fsp3) is 0.357. The summed E-state index contributed by atoms with van der Waals surface area (Å²) < 4.78 is 0. The van der Waals surface area contributed by atoms with Crippen LogP contribution in [0.15, 0.2) is 18.2 Å². The first-order valence-corrected chi connectivity index (χ1v) is 6.33. The van der Waals surface area contributed by atoms with Gasteiger partial charge in [0.05, 0.1) is 11.3 Å². The van der Waals surface area contributed by atoms with Crippen LogP contribution in [0.2, 0.25) is 0 Å². The molecule has 3 amide bonds. The van der Waals surface area contributed by atoms with Crippen LogP contribution in [-0.4, -0.2) is 28.6 Å². The van der Waals surface area contributed by atoms with Crippen molar-refractivity contribution < 1.29 is 19.5 Å². The summed E-state index contributed by atoms with van der Waals surface area (Å²) in [6.45, 7) is 4.93. The van der Waals surface area contributed by atoms with Crippen LogP contribution in [0, 0.1) is 6.92 Å². The molecule has 1 rings (SSSR count). The summed E-state index contributed by atoms with van der Waals surface area (Å²) in [5, 5.41) is 14.2. The van der Waals surface area contributed by atoms with E-state index in [4.69, 9.17) is 5.73 Å². The third kappa shape index (κ3) is 4.79. The van der Waals surface area contributed by atoms with Crippen LogP contribution < -0.4 is 16.4 Å². The molecular formula is C14H19N3O4. The highest BCUT2D eigenvalue weighted by Crippen LogP contribution is 2.19. The molecule has 0 aliphatic carbocycles. The van der Waals surface area contributed by atoms with Gasteiger partial charge in [0.2, 0.25) is 5.91 Å². The van der Waals surface area contributed by atoms with E-state index >= 15 is 0 Å². The lowest BCUT2D eigenvalue weighted by Gasteiger charge is -2.25. The van der Waals surface area contributed by atoms with Crippen molar-refractivity contribution in [3.8, 4) is 0 Å². The molecule has 0 aliphatic heterocycles. The molecule has 0 unspecified atom stereocenters. The number of benzene rings is 1. The van der Waals surface area contributed by atoms with E-state index in [-0.39, 0.29) is 17.7 Å². The number of hydrogen-bond acceptors (Lipinski definition) is 3. The van der Waals surface area contributed by atoms with Gasteiger partial charge >= 0.3 is 12.0 Å². The molecule has 0 spiro atoms. The Bertz CT molecular complexity index is 582. The van der Waals surface area contributed by atoms with E-state index in [1.54, 1.807) is 32.9 Å². The Hall–Kier alpha value is -2.57. The number of anilines is 1. The summed E-state index contributed by atoms with van der Waals surface area (Å²) >= 11 is 0. The Morgan fingerprint density at radius 2 is 1.90 bits per heavy atom. The summed E-state index contributed by atoms with van der Waals surface area (Å²) in [5.41, 5.74) is 5.03. The van der Waals surface area contributed by atoms with Gasteiger partial charge in [-0.05, 0) is 32.4 Å². The minimum atomic E-state index is -1.13. The topological polar surface area (TPSA) is 122 Å². The number of nitrogens with two attached hydrogens (primary N) is 1. The largest absolute Gasteiger partial charge is 0.478 e. The van der Waals surface area contributed by atoms with E-state index in [9.17, 15) is 19.5 Å². The molecule has 0 radical (unpaired) electrons. The highest BCUT2D eigenvalue weighted by molar-refractivity contribution is 6.01. The van der Waals surface area contributed by atoms with Crippen LogP contribution in [0.25, 0.3) is 0 Å². The number of aryl methyl sites for hydroxylation is 1. The van der Waals surface area contributed by atoms with Crippen LogP contribution >= 0.6 is 0 Å². The first-order chi connectivity index (χ1) is 9.62. The minimum Gasteiger partial charge on any atom is -0.478 e. The van der Waals surface area contributed by atoms with E-state index in [2.05, 4.69) is 10.6 Å². The molecule has 0 aliphatic rings. The smallest absolute Gasteiger partial charge is 0.338 e. The fourth-order valence-corrected chi connectivity index (χ4v) is 2.00. The number of amides is 3. The molecule has 0 aromatic heterocycles. The molecule has 0 bridgehead atoms. The lowest BCUT2D eigenvalue weighted by molar-refractivity contribution is -0.119. The number of carbonyl (C=O) groups is 3. The lowest BCUT2D eigenvalue weighted by Crippen LogP contribution is -2.47. The maximum atomic E-state index is 11.9. The van der Waals surface area contributed by atoms with Crippen LogP contribution in [0.1, 0.15) is 36.2 Å². The molecule has 114 valence electrons. The van der Waals surface area contributed by atoms with Crippen LogP contribution in [0.5, 0.6) is 0 Å². The lowest BCUT2D eigenvalue weighted by atomic mass is 10.0. The van der Waals surface area contributed by atoms with Crippen molar-refractivity contribution in [2.24, 2.45) is 5.73 Å². The number of nitrogens with one attached hydrogen (secondary N) is 2. The van der Waals surface area contributed by atoms with E-state index in [1.807, 2.05) is 0 Å². The van der Waals surface area contributed by atoms with Gasteiger partial charge in [-0.2, -0.15) is 0 Å². The van der Waals surface area contributed by atoms with Crippen molar-refractivity contribution in [3.63, 3.8) is 0 Å². The number of rotatable bonds is 5. The number of carbonyl (C=O) groups excluding carboxylic acids is 2.